The van der Waals surface area contributed by atoms with Crippen LogP contribution in [0.4, 0.5) is 10.1 Å². The Bertz CT molecular complexity index is 1480. The molecule has 0 bridgehead atoms. The highest BCUT2D eigenvalue weighted by atomic mass is 19.1. The lowest BCUT2D eigenvalue weighted by atomic mass is 9.82. The van der Waals surface area contributed by atoms with Crippen molar-refractivity contribution in [1.82, 2.24) is 5.16 Å². The van der Waals surface area contributed by atoms with E-state index in [0.717, 1.165) is 11.1 Å². The number of methoxy groups -OCH3 is 1. The number of benzene rings is 3. The lowest BCUT2D eigenvalue weighted by molar-refractivity contribution is -0.125. The fourth-order valence-electron chi connectivity index (χ4n) is 4.59. The van der Waals surface area contributed by atoms with E-state index in [-0.39, 0.29) is 23.9 Å². The molecule has 1 unspecified atom stereocenters. The van der Waals surface area contributed by atoms with Crippen molar-refractivity contribution in [3.63, 3.8) is 0 Å². The highest BCUT2D eigenvalue weighted by Crippen LogP contribution is 2.36. The number of ether oxygens (including phenoxy) is 2. The molecule has 41 heavy (non-hydrogen) atoms. The second kappa shape index (κ2) is 12.8. The zero-order chi connectivity index (χ0) is 29.6. The Labute approximate surface area is 238 Å². The summed E-state index contributed by atoms with van der Waals surface area (Å²) in [6.07, 6.45) is 0. The van der Waals surface area contributed by atoms with Crippen LogP contribution in [0.3, 0.4) is 0 Å². The van der Waals surface area contributed by atoms with E-state index in [1.54, 1.807) is 43.5 Å². The number of halogens is 1. The van der Waals surface area contributed by atoms with Crippen LogP contribution in [0.2, 0.25) is 0 Å². The summed E-state index contributed by atoms with van der Waals surface area (Å²) in [7, 11) is 1.58. The third kappa shape index (κ3) is 7.37. The van der Waals surface area contributed by atoms with Crippen LogP contribution in [0.5, 0.6) is 5.88 Å². The third-order valence-electron chi connectivity index (χ3n) is 6.66. The molecule has 3 aromatic carbocycles. The fraction of sp³-hybridized carbons (Fsp3) is 0.281. The van der Waals surface area contributed by atoms with Gasteiger partial charge in [0.05, 0.1) is 12.5 Å². The van der Waals surface area contributed by atoms with Gasteiger partial charge in [0.15, 0.2) is 5.76 Å². The SMILES string of the molecule is COCc1ccc(C(C(=O)Nc2ccc(C(C)(C)C)c(F)c2)[C@@H](C(N)=O)c2cc(OCc3ccccc3)no2)cc1. The second-order valence-corrected chi connectivity index (χ2v) is 10.8. The maximum Gasteiger partial charge on any atom is 0.254 e. The average Bonchev–Trinajstić information content (AvgIpc) is 3.39. The van der Waals surface area contributed by atoms with E-state index in [1.807, 2.05) is 51.1 Å². The van der Waals surface area contributed by atoms with Crippen molar-refractivity contribution in [3.05, 3.63) is 113 Å². The average molecular weight is 560 g/mol. The predicted octanol–water partition coefficient (Wildman–Crippen LogP) is 5.83. The molecule has 8 nitrogen and oxygen atoms in total. The number of nitrogens with one attached hydrogen (secondary N) is 1. The minimum atomic E-state index is -1.23. The molecule has 3 N–H and O–H groups in total. The van der Waals surface area contributed by atoms with Crippen LogP contribution in [0.25, 0.3) is 0 Å². The summed E-state index contributed by atoms with van der Waals surface area (Å²) in [4.78, 5) is 26.7. The summed E-state index contributed by atoms with van der Waals surface area (Å²) >= 11 is 0. The standard InChI is InChI=1S/C32H34FN3O5/c1-32(2,3)24-15-14-23(16-25(24)33)35-31(38)28(22-12-10-21(11-13-22)18-39-4)29(30(34)37)26-17-27(36-41-26)40-19-20-8-6-5-7-9-20/h5-17,28-29H,18-19H2,1-4H3,(H2,34,37)(H,35,38)/t28?,29-/m0/s1. The first-order valence-electron chi connectivity index (χ1n) is 13.2. The zero-order valence-corrected chi connectivity index (χ0v) is 23.5. The van der Waals surface area contributed by atoms with Crippen molar-refractivity contribution in [2.75, 3.05) is 12.4 Å². The number of carbonyl (C=O) groups excluding carboxylic acids is 2. The number of primary amides is 1. The number of nitrogens with zero attached hydrogens (tertiary/aromatic N) is 1. The summed E-state index contributed by atoms with van der Waals surface area (Å²) in [6.45, 7) is 6.31. The van der Waals surface area contributed by atoms with Crippen LogP contribution < -0.4 is 15.8 Å². The maximum atomic E-state index is 14.9. The summed E-state index contributed by atoms with van der Waals surface area (Å²) in [5.74, 6) is -3.96. The highest BCUT2D eigenvalue weighted by Gasteiger charge is 2.38. The van der Waals surface area contributed by atoms with Crippen molar-refractivity contribution >= 4 is 17.5 Å². The first-order valence-corrected chi connectivity index (χ1v) is 13.2. The lowest BCUT2D eigenvalue weighted by Gasteiger charge is -2.24. The van der Waals surface area contributed by atoms with Gasteiger partial charge in [0.25, 0.3) is 5.88 Å². The molecule has 0 aliphatic carbocycles. The summed E-state index contributed by atoms with van der Waals surface area (Å²) in [6, 6.07) is 22.5. The van der Waals surface area contributed by atoms with Gasteiger partial charge in [0.1, 0.15) is 18.3 Å². The molecule has 0 fully saturated rings. The van der Waals surface area contributed by atoms with Gasteiger partial charge in [-0.05, 0) is 45.0 Å². The monoisotopic (exact) mass is 559 g/mol. The Morgan fingerprint density at radius 2 is 1.63 bits per heavy atom. The molecule has 4 aromatic rings. The molecular weight excluding hydrogens is 525 g/mol. The van der Waals surface area contributed by atoms with Crippen LogP contribution in [-0.4, -0.2) is 24.1 Å². The maximum absolute atomic E-state index is 14.9. The Hall–Kier alpha value is -4.50. The van der Waals surface area contributed by atoms with Gasteiger partial charge in [-0.25, -0.2) is 4.39 Å². The molecule has 1 aromatic heterocycles. The molecule has 2 amide bonds. The van der Waals surface area contributed by atoms with Crippen molar-refractivity contribution in [2.24, 2.45) is 5.73 Å². The molecule has 0 aliphatic rings. The van der Waals surface area contributed by atoms with Crippen molar-refractivity contribution in [2.45, 2.75) is 51.2 Å². The lowest BCUT2D eigenvalue weighted by Crippen LogP contribution is -2.34. The number of nitrogens with two attached hydrogens (primary N) is 1. The molecule has 0 saturated carbocycles. The number of rotatable bonds is 11. The molecule has 0 saturated heterocycles. The summed E-state index contributed by atoms with van der Waals surface area (Å²) in [5, 5.41) is 6.69. The third-order valence-corrected chi connectivity index (χ3v) is 6.66. The van der Waals surface area contributed by atoms with Crippen LogP contribution in [0.15, 0.2) is 83.4 Å². The number of carbonyl (C=O) groups is 2. The Morgan fingerprint density at radius 1 is 0.951 bits per heavy atom. The number of anilines is 1. The predicted molar refractivity (Wildman–Crippen MR) is 153 cm³/mol. The second-order valence-electron chi connectivity index (χ2n) is 10.8. The van der Waals surface area contributed by atoms with Crippen LogP contribution in [-0.2, 0) is 33.0 Å². The van der Waals surface area contributed by atoms with E-state index in [0.29, 0.717) is 17.7 Å². The van der Waals surface area contributed by atoms with Crippen LogP contribution >= 0.6 is 0 Å². The van der Waals surface area contributed by atoms with Crippen LogP contribution in [0.1, 0.15) is 60.6 Å². The molecule has 4 rings (SSSR count). The van der Waals surface area contributed by atoms with Gasteiger partial charge in [-0.2, -0.15) is 0 Å². The quantitative estimate of drug-likeness (QED) is 0.239. The fourth-order valence-corrected chi connectivity index (χ4v) is 4.59. The van der Waals surface area contributed by atoms with Gasteiger partial charge in [-0.3, -0.25) is 9.59 Å². The highest BCUT2D eigenvalue weighted by molar-refractivity contribution is 6.00. The molecule has 0 spiro atoms. The zero-order valence-electron chi connectivity index (χ0n) is 23.5. The number of hydrogen-bond donors (Lipinski definition) is 2. The first kappa shape index (κ1) is 29.5. The Balaban J connectivity index is 1.66. The van der Waals surface area contributed by atoms with Gasteiger partial charge < -0.3 is 25.0 Å². The molecular formula is C32H34FN3O5. The van der Waals surface area contributed by atoms with Gasteiger partial charge in [0, 0.05) is 18.9 Å². The van der Waals surface area contributed by atoms with Gasteiger partial charge in [-0.1, -0.05) is 81.4 Å². The van der Waals surface area contributed by atoms with E-state index in [2.05, 4.69) is 10.5 Å². The number of hydrogen-bond acceptors (Lipinski definition) is 6. The molecule has 0 aliphatic heterocycles. The van der Waals surface area contributed by atoms with E-state index in [1.165, 1.54) is 12.1 Å². The van der Waals surface area contributed by atoms with Crippen LogP contribution in [0, 0.1) is 5.82 Å². The molecule has 9 heteroatoms. The minimum absolute atomic E-state index is 0.0657. The van der Waals surface area contributed by atoms with E-state index < -0.39 is 34.9 Å². The normalized spacial score (nSPS) is 12.9. The Kier molecular flexibility index (Phi) is 9.19. The van der Waals surface area contributed by atoms with Crippen molar-refractivity contribution in [3.8, 4) is 5.88 Å². The van der Waals surface area contributed by atoms with Gasteiger partial charge in [-0.15, -0.1) is 0 Å². The minimum Gasteiger partial charge on any atom is -0.471 e. The van der Waals surface area contributed by atoms with E-state index in [4.69, 9.17) is 19.7 Å². The molecule has 214 valence electrons. The van der Waals surface area contributed by atoms with E-state index >= 15 is 0 Å². The molecule has 2 atom stereocenters. The summed E-state index contributed by atoms with van der Waals surface area (Å²) in [5.41, 5.74) is 8.50. The summed E-state index contributed by atoms with van der Waals surface area (Å²) < 4.78 is 31.3. The van der Waals surface area contributed by atoms with Gasteiger partial charge in [0.2, 0.25) is 11.8 Å². The topological polar surface area (TPSA) is 117 Å². The number of aromatic nitrogens is 1. The smallest absolute Gasteiger partial charge is 0.254 e. The Morgan fingerprint density at radius 3 is 2.24 bits per heavy atom. The number of amides is 2. The van der Waals surface area contributed by atoms with E-state index in [9.17, 15) is 14.0 Å². The van der Waals surface area contributed by atoms with Gasteiger partial charge >= 0.3 is 0 Å². The largest absolute Gasteiger partial charge is 0.471 e. The van der Waals surface area contributed by atoms with Crippen molar-refractivity contribution in [1.29, 1.82) is 0 Å². The molecule has 1 heterocycles. The van der Waals surface area contributed by atoms with Crippen molar-refractivity contribution < 1.29 is 28.0 Å². The molecule has 0 radical (unpaired) electrons. The first-order chi connectivity index (χ1) is 19.6.